The summed E-state index contributed by atoms with van der Waals surface area (Å²) in [5.74, 6) is -2.27. The van der Waals surface area contributed by atoms with E-state index in [0.29, 0.717) is 6.42 Å². The Kier molecular flexibility index (Phi) is 5.23. The summed E-state index contributed by atoms with van der Waals surface area (Å²) in [5.41, 5.74) is 4.35. The summed E-state index contributed by atoms with van der Waals surface area (Å²) in [5, 5.41) is 11.9. The highest BCUT2D eigenvalue weighted by Gasteiger charge is 2.17. The monoisotopic (exact) mass is 272 g/mol. The van der Waals surface area contributed by atoms with Gasteiger partial charge in [0.15, 0.2) is 5.82 Å². The third-order valence-electron chi connectivity index (χ3n) is 2.55. The highest BCUT2D eigenvalue weighted by molar-refractivity contribution is 5.95. The van der Waals surface area contributed by atoms with Crippen molar-refractivity contribution in [2.45, 2.75) is 26.4 Å². The van der Waals surface area contributed by atoms with Crippen molar-refractivity contribution in [3.05, 3.63) is 29.3 Å². The smallest absolute Gasteiger partial charge is 0.254 e. The average Bonchev–Trinajstić information content (AvgIpc) is 2.29. The van der Waals surface area contributed by atoms with Gasteiger partial charge in [-0.05, 0) is 24.5 Å². The molecule has 1 amide bonds. The van der Waals surface area contributed by atoms with Gasteiger partial charge < -0.3 is 16.2 Å². The molecule has 0 spiro atoms. The summed E-state index contributed by atoms with van der Waals surface area (Å²) in [7, 11) is 0. The van der Waals surface area contributed by atoms with Crippen molar-refractivity contribution in [3.8, 4) is 0 Å². The van der Waals surface area contributed by atoms with Gasteiger partial charge in [0.1, 0.15) is 5.82 Å². The summed E-state index contributed by atoms with van der Waals surface area (Å²) >= 11 is 0. The molecule has 0 fully saturated rings. The van der Waals surface area contributed by atoms with Crippen LogP contribution in [0.1, 0.15) is 30.6 Å². The van der Waals surface area contributed by atoms with Crippen LogP contribution in [0.25, 0.3) is 0 Å². The van der Waals surface area contributed by atoms with E-state index in [9.17, 15) is 18.7 Å². The van der Waals surface area contributed by atoms with Crippen molar-refractivity contribution in [2.24, 2.45) is 5.92 Å². The van der Waals surface area contributed by atoms with Crippen molar-refractivity contribution < 1.29 is 18.7 Å². The van der Waals surface area contributed by atoms with Crippen LogP contribution in [-0.2, 0) is 0 Å². The van der Waals surface area contributed by atoms with E-state index >= 15 is 0 Å². The molecule has 0 saturated heterocycles. The van der Waals surface area contributed by atoms with Crippen LogP contribution in [0.5, 0.6) is 0 Å². The number of aliphatic hydroxyl groups is 1. The number of nitrogen functional groups attached to an aromatic ring is 1. The van der Waals surface area contributed by atoms with Crippen LogP contribution in [0.2, 0.25) is 0 Å². The number of nitrogens with one attached hydrogen (secondary N) is 1. The van der Waals surface area contributed by atoms with Crippen molar-refractivity contribution >= 4 is 11.6 Å². The van der Waals surface area contributed by atoms with Crippen LogP contribution >= 0.6 is 0 Å². The number of amides is 1. The normalized spacial score (nSPS) is 12.5. The molecule has 1 aromatic carbocycles. The molecule has 0 aliphatic heterocycles. The van der Waals surface area contributed by atoms with Crippen molar-refractivity contribution in [1.29, 1.82) is 0 Å². The van der Waals surface area contributed by atoms with Gasteiger partial charge in [0.2, 0.25) is 0 Å². The molecule has 0 heterocycles. The number of halogens is 2. The minimum Gasteiger partial charge on any atom is -0.396 e. The molecule has 0 aliphatic rings. The van der Waals surface area contributed by atoms with Crippen LogP contribution in [-0.4, -0.2) is 23.7 Å². The summed E-state index contributed by atoms with van der Waals surface area (Å²) in [6.45, 7) is 3.84. The fraction of sp³-hybridized carbons (Fsp3) is 0.462. The van der Waals surface area contributed by atoms with Crippen molar-refractivity contribution in [3.63, 3.8) is 0 Å². The van der Waals surface area contributed by atoms with Crippen LogP contribution < -0.4 is 11.1 Å². The zero-order chi connectivity index (χ0) is 14.6. The van der Waals surface area contributed by atoms with Gasteiger partial charge in [-0.3, -0.25) is 4.79 Å². The Labute approximate surface area is 110 Å². The van der Waals surface area contributed by atoms with Gasteiger partial charge in [-0.2, -0.15) is 0 Å². The fourth-order valence-corrected chi connectivity index (χ4v) is 1.71. The van der Waals surface area contributed by atoms with Crippen molar-refractivity contribution in [2.75, 3.05) is 12.3 Å². The molecular weight excluding hydrogens is 254 g/mol. The molecule has 106 valence electrons. The third kappa shape index (κ3) is 4.48. The highest BCUT2D eigenvalue weighted by Crippen LogP contribution is 2.17. The van der Waals surface area contributed by atoms with Gasteiger partial charge in [-0.25, -0.2) is 8.78 Å². The lowest BCUT2D eigenvalue weighted by Crippen LogP contribution is -2.33. The molecule has 1 unspecified atom stereocenters. The molecule has 4 nitrogen and oxygen atoms in total. The summed E-state index contributed by atoms with van der Waals surface area (Å²) in [6.07, 6.45) is -0.216. The van der Waals surface area contributed by atoms with Crippen LogP contribution in [0.15, 0.2) is 12.1 Å². The van der Waals surface area contributed by atoms with Gasteiger partial charge >= 0.3 is 0 Å². The third-order valence-corrected chi connectivity index (χ3v) is 2.55. The van der Waals surface area contributed by atoms with E-state index in [-0.39, 0.29) is 12.5 Å². The number of aliphatic hydroxyl groups excluding tert-OH is 1. The molecule has 0 saturated carbocycles. The van der Waals surface area contributed by atoms with E-state index < -0.39 is 34.9 Å². The van der Waals surface area contributed by atoms with Crippen LogP contribution in [0.4, 0.5) is 14.5 Å². The van der Waals surface area contributed by atoms with Gasteiger partial charge in [-0.1, -0.05) is 13.8 Å². The maximum absolute atomic E-state index is 13.6. The molecule has 19 heavy (non-hydrogen) atoms. The number of benzene rings is 1. The fourth-order valence-electron chi connectivity index (χ4n) is 1.71. The first-order chi connectivity index (χ1) is 8.81. The number of nitrogens with two attached hydrogens (primary N) is 1. The topological polar surface area (TPSA) is 75.3 Å². The van der Waals surface area contributed by atoms with E-state index in [1.54, 1.807) is 0 Å². The molecule has 6 heteroatoms. The Morgan fingerprint density at radius 2 is 2.05 bits per heavy atom. The minimum atomic E-state index is -0.961. The number of carbonyl (C=O) groups is 1. The Morgan fingerprint density at radius 3 is 2.63 bits per heavy atom. The number of hydrogen-bond donors (Lipinski definition) is 3. The Morgan fingerprint density at radius 1 is 1.42 bits per heavy atom. The second-order valence-corrected chi connectivity index (χ2v) is 4.85. The number of carbonyl (C=O) groups excluding carboxylic acids is 1. The second kappa shape index (κ2) is 6.47. The van der Waals surface area contributed by atoms with Crippen molar-refractivity contribution in [1.82, 2.24) is 5.32 Å². The van der Waals surface area contributed by atoms with Crippen LogP contribution in [0, 0.1) is 17.6 Å². The van der Waals surface area contributed by atoms with Crippen LogP contribution in [0.3, 0.4) is 0 Å². The first-order valence-corrected chi connectivity index (χ1v) is 6.02. The number of rotatable bonds is 5. The Bertz CT molecular complexity index is 464. The molecule has 0 aliphatic carbocycles. The molecule has 1 aromatic rings. The predicted octanol–water partition coefficient (Wildman–Crippen LogP) is 1.68. The van der Waals surface area contributed by atoms with E-state index in [0.717, 1.165) is 12.1 Å². The minimum absolute atomic E-state index is 0.0210. The zero-order valence-corrected chi connectivity index (χ0v) is 10.9. The van der Waals surface area contributed by atoms with Gasteiger partial charge in [0.25, 0.3) is 5.91 Å². The summed E-state index contributed by atoms with van der Waals surface area (Å²) in [4.78, 5) is 11.7. The number of anilines is 1. The lowest BCUT2D eigenvalue weighted by molar-refractivity contribution is 0.0896. The van der Waals surface area contributed by atoms with E-state index in [4.69, 9.17) is 5.73 Å². The maximum atomic E-state index is 13.6. The lowest BCUT2D eigenvalue weighted by atomic mass is 10.1. The summed E-state index contributed by atoms with van der Waals surface area (Å²) < 4.78 is 26.6. The van der Waals surface area contributed by atoms with Gasteiger partial charge in [-0.15, -0.1) is 0 Å². The molecule has 0 bridgehead atoms. The van der Waals surface area contributed by atoms with E-state index in [1.807, 2.05) is 13.8 Å². The van der Waals surface area contributed by atoms with Gasteiger partial charge in [0.05, 0.1) is 17.4 Å². The predicted molar refractivity (Wildman–Crippen MR) is 68.6 cm³/mol. The summed E-state index contributed by atoms with van der Waals surface area (Å²) in [6, 6.07) is 1.58. The highest BCUT2D eigenvalue weighted by atomic mass is 19.1. The molecule has 1 rings (SSSR count). The molecule has 0 aromatic heterocycles. The first-order valence-electron chi connectivity index (χ1n) is 6.02. The van der Waals surface area contributed by atoms with E-state index in [2.05, 4.69) is 5.32 Å². The van der Waals surface area contributed by atoms with Gasteiger partial charge in [0, 0.05) is 6.54 Å². The molecule has 1 atom stereocenters. The Balaban J connectivity index is 2.69. The quantitative estimate of drug-likeness (QED) is 0.714. The lowest BCUT2D eigenvalue weighted by Gasteiger charge is -2.14. The molecule has 0 radical (unpaired) electrons. The Hall–Kier alpha value is -1.69. The second-order valence-electron chi connectivity index (χ2n) is 4.85. The largest absolute Gasteiger partial charge is 0.396 e. The number of hydrogen-bond acceptors (Lipinski definition) is 3. The molecular formula is C13H18F2N2O2. The first kappa shape index (κ1) is 15.4. The average molecular weight is 272 g/mol. The van der Waals surface area contributed by atoms with E-state index in [1.165, 1.54) is 0 Å². The standard InChI is InChI=1S/C13H18F2N2O2/c1-7(2)3-9(18)6-17-13(19)10-4-8(14)5-11(16)12(10)15/h4-5,7,9,18H,3,6,16H2,1-2H3,(H,17,19). The maximum Gasteiger partial charge on any atom is 0.254 e. The SMILES string of the molecule is CC(C)CC(O)CNC(=O)c1cc(F)cc(N)c1F. The zero-order valence-electron chi connectivity index (χ0n) is 10.9. The molecule has 4 N–H and O–H groups in total.